The summed E-state index contributed by atoms with van der Waals surface area (Å²) < 4.78 is 0. The molecule has 19 heavy (non-hydrogen) atoms. The molecule has 0 aromatic rings. The number of piperazine rings is 1. The van der Waals surface area contributed by atoms with E-state index in [1.54, 1.807) is 0 Å². The van der Waals surface area contributed by atoms with E-state index in [0.717, 1.165) is 32.6 Å². The molecule has 2 fully saturated rings. The molecule has 0 aliphatic carbocycles. The van der Waals surface area contributed by atoms with Crippen LogP contribution in [0.4, 0.5) is 0 Å². The van der Waals surface area contributed by atoms with Crippen LogP contribution in [0.3, 0.4) is 0 Å². The van der Waals surface area contributed by atoms with Gasteiger partial charge in [-0.1, -0.05) is 13.3 Å². The molecule has 5 heteroatoms. The number of hydrogen-bond acceptors (Lipinski definition) is 4. The Morgan fingerprint density at radius 3 is 2.95 bits per heavy atom. The van der Waals surface area contributed by atoms with Crippen LogP contribution in [0.5, 0.6) is 0 Å². The molecule has 0 spiro atoms. The first-order valence-electron chi connectivity index (χ1n) is 7.63. The van der Waals surface area contributed by atoms with Gasteiger partial charge >= 0.3 is 5.97 Å². The lowest BCUT2D eigenvalue weighted by molar-refractivity contribution is -0.140. The second-order valence-corrected chi connectivity index (χ2v) is 5.79. The minimum Gasteiger partial charge on any atom is -0.480 e. The fraction of sp³-hybridized carbons (Fsp3) is 0.929. The number of carboxylic acids is 1. The first-order valence-corrected chi connectivity index (χ1v) is 7.63. The second-order valence-electron chi connectivity index (χ2n) is 5.79. The van der Waals surface area contributed by atoms with E-state index in [4.69, 9.17) is 0 Å². The zero-order valence-corrected chi connectivity index (χ0v) is 12.0. The standard InChI is InChI=1S/C14H27N3O2/c1-2-6-15-13(14(18)19)11-16-8-9-17-7-4-3-5-12(17)10-16/h12-13,15H,2-11H2,1H3,(H,18,19). The number of aliphatic carboxylic acids is 1. The molecule has 0 aromatic heterocycles. The smallest absolute Gasteiger partial charge is 0.322 e. The average molecular weight is 269 g/mol. The Morgan fingerprint density at radius 2 is 2.21 bits per heavy atom. The molecule has 0 aromatic carbocycles. The summed E-state index contributed by atoms with van der Waals surface area (Å²) in [5.41, 5.74) is 0. The first-order chi connectivity index (χ1) is 9.20. The van der Waals surface area contributed by atoms with Crippen molar-refractivity contribution in [2.45, 2.75) is 44.7 Å². The van der Waals surface area contributed by atoms with Crippen molar-refractivity contribution in [1.82, 2.24) is 15.1 Å². The molecule has 2 saturated heterocycles. The highest BCUT2D eigenvalue weighted by atomic mass is 16.4. The molecule has 0 amide bonds. The Bertz CT molecular complexity index is 298. The molecule has 2 heterocycles. The molecule has 2 aliphatic rings. The zero-order chi connectivity index (χ0) is 13.7. The molecule has 2 unspecified atom stereocenters. The van der Waals surface area contributed by atoms with Gasteiger partial charge < -0.3 is 10.4 Å². The Morgan fingerprint density at radius 1 is 1.37 bits per heavy atom. The molecule has 0 radical (unpaired) electrons. The molecular weight excluding hydrogens is 242 g/mol. The molecule has 2 rings (SSSR count). The maximum Gasteiger partial charge on any atom is 0.322 e. The van der Waals surface area contributed by atoms with E-state index in [2.05, 4.69) is 22.0 Å². The number of carboxylic acid groups (broad SMARTS) is 1. The molecule has 5 nitrogen and oxygen atoms in total. The zero-order valence-electron chi connectivity index (χ0n) is 12.0. The lowest BCUT2D eigenvalue weighted by Gasteiger charge is -2.44. The van der Waals surface area contributed by atoms with Crippen molar-refractivity contribution < 1.29 is 9.90 Å². The van der Waals surface area contributed by atoms with Gasteiger partial charge in [-0.25, -0.2) is 0 Å². The van der Waals surface area contributed by atoms with Crippen LogP contribution < -0.4 is 5.32 Å². The topological polar surface area (TPSA) is 55.8 Å². The summed E-state index contributed by atoms with van der Waals surface area (Å²) in [6.07, 6.45) is 4.90. The third-order valence-corrected chi connectivity index (χ3v) is 4.30. The van der Waals surface area contributed by atoms with Crippen molar-refractivity contribution >= 4 is 5.97 Å². The molecule has 2 N–H and O–H groups in total. The first kappa shape index (κ1) is 14.8. The summed E-state index contributed by atoms with van der Waals surface area (Å²) in [5.74, 6) is -0.723. The number of hydrogen-bond donors (Lipinski definition) is 2. The van der Waals surface area contributed by atoms with Gasteiger partial charge in [0.2, 0.25) is 0 Å². The molecule has 0 bridgehead atoms. The van der Waals surface area contributed by atoms with Gasteiger partial charge in [0, 0.05) is 32.2 Å². The number of nitrogens with one attached hydrogen (secondary N) is 1. The summed E-state index contributed by atoms with van der Waals surface area (Å²) in [4.78, 5) is 16.2. The number of fused-ring (bicyclic) bond motifs is 1. The van der Waals surface area contributed by atoms with Gasteiger partial charge in [-0.05, 0) is 32.4 Å². The molecule has 2 atom stereocenters. The van der Waals surface area contributed by atoms with Gasteiger partial charge in [0.1, 0.15) is 6.04 Å². The normalized spacial score (nSPS) is 26.9. The van der Waals surface area contributed by atoms with E-state index >= 15 is 0 Å². The summed E-state index contributed by atoms with van der Waals surface area (Å²) in [6, 6.07) is 0.234. The Kier molecular flexibility index (Phi) is 5.60. The monoisotopic (exact) mass is 269 g/mol. The van der Waals surface area contributed by atoms with Crippen molar-refractivity contribution in [3.8, 4) is 0 Å². The van der Waals surface area contributed by atoms with E-state index in [-0.39, 0.29) is 0 Å². The maximum atomic E-state index is 11.3. The van der Waals surface area contributed by atoms with Crippen LogP contribution in [0.1, 0.15) is 32.6 Å². The van der Waals surface area contributed by atoms with Crippen LogP contribution in [0.25, 0.3) is 0 Å². The average Bonchev–Trinajstić information content (AvgIpc) is 2.43. The predicted molar refractivity (Wildman–Crippen MR) is 75.4 cm³/mol. The lowest BCUT2D eigenvalue weighted by Crippen LogP contribution is -2.57. The quantitative estimate of drug-likeness (QED) is 0.740. The number of piperidine rings is 1. The Balaban J connectivity index is 1.82. The summed E-state index contributed by atoms with van der Waals surface area (Å²) >= 11 is 0. The van der Waals surface area contributed by atoms with Crippen LogP contribution >= 0.6 is 0 Å². The van der Waals surface area contributed by atoms with Gasteiger partial charge in [-0.3, -0.25) is 14.6 Å². The third kappa shape index (κ3) is 4.16. The number of carbonyl (C=O) groups is 1. The molecule has 110 valence electrons. The third-order valence-electron chi connectivity index (χ3n) is 4.30. The highest BCUT2D eigenvalue weighted by Gasteiger charge is 2.30. The van der Waals surface area contributed by atoms with Gasteiger partial charge in [0.15, 0.2) is 0 Å². The van der Waals surface area contributed by atoms with Crippen molar-refractivity contribution in [1.29, 1.82) is 0 Å². The van der Waals surface area contributed by atoms with Crippen molar-refractivity contribution in [2.75, 3.05) is 39.3 Å². The van der Waals surface area contributed by atoms with Crippen molar-refractivity contribution in [2.24, 2.45) is 0 Å². The van der Waals surface area contributed by atoms with Crippen LogP contribution in [-0.2, 0) is 4.79 Å². The van der Waals surface area contributed by atoms with Crippen molar-refractivity contribution in [3.63, 3.8) is 0 Å². The SMILES string of the molecule is CCCNC(CN1CCN2CCCCC2C1)C(=O)O. The summed E-state index contributed by atoms with van der Waals surface area (Å²) in [6.45, 7) is 7.86. The van der Waals surface area contributed by atoms with Gasteiger partial charge in [-0.15, -0.1) is 0 Å². The minimum atomic E-state index is -0.723. The molecular formula is C14H27N3O2. The molecule has 2 aliphatic heterocycles. The van der Waals surface area contributed by atoms with E-state index in [0.29, 0.717) is 12.6 Å². The summed E-state index contributed by atoms with van der Waals surface area (Å²) in [7, 11) is 0. The van der Waals surface area contributed by atoms with Crippen LogP contribution in [-0.4, -0.2) is 72.2 Å². The van der Waals surface area contributed by atoms with Crippen molar-refractivity contribution in [3.05, 3.63) is 0 Å². The largest absolute Gasteiger partial charge is 0.480 e. The highest BCUT2D eigenvalue weighted by molar-refractivity contribution is 5.73. The van der Waals surface area contributed by atoms with Gasteiger partial charge in [0.05, 0.1) is 0 Å². The van der Waals surface area contributed by atoms with Crippen LogP contribution in [0.2, 0.25) is 0 Å². The fourth-order valence-corrected chi connectivity index (χ4v) is 3.19. The van der Waals surface area contributed by atoms with Gasteiger partial charge in [-0.2, -0.15) is 0 Å². The van der Waals surface area contributed by atoms with E-state index < -0.39 is 12.0 Å². The lowest BCUT2D eigenvalue weighted by atomic mass is 9.99. The number of rotatable bonds is 6. The fourth-order valence-electron chi connectivity index (χ4n) is 3.19. The van der Waals surface area contributed by atoms with Crippen LogP contribution in [0, 0.1) is 0 Å². The van der Waals surface area contributed by atoms with Gasteiger partial charge in [0.25, 0.3) is 0 Å². The molecule has 0 saturated carbocycles. The Hall–Kier alpha value is -0.650. The number of nitrogens with zero attached hydrogens (tertiary/aromatic N) is 2. The predicted octanol–water partition coefficient (Wildman–Crippen LogP) is 0.609. The maximum absolute atomic E-state index is 11.3. The highest BCUT2D eigenvalue weighted by Crippen LogP contribution is 2.21. The second kappa shape index (κ2) is 7.22. The van der Waals surface area contributed by atoms with Crippen LogP contribution in [0.15, 0.2) is 0 Å². The van der Waals surface area contributed by atoms with E-state index in [1.165, 1.54) is 25.8 Å². The van der Waals surface area contributed by atoms with E-state index in [9.17, 15) is 9.90 Å². The summed E-state index contributed by atoms with van der Waals surface area (Å²) in [5, 5.41) is 12.4. The minimum absolute atomic E-state index is 0.421. The van der Waals surface area contributed by atoms with E-state index in [1.807, 2.05) is 0 Å². The Labute approximate surface area is 115 Å².